The number of nitrogens with zero attached hydrogens (tertiary/aromatic N) is 1. The molecule has 0 amide bonds. The fraction of sp³-hybridized carbons (Fsp3) is 0.500. The maximum Gasteiger partial charge on any atom is 0.269 e. The monoisotopic (exact) mass is 382 g/mol. The maximum absolute atomic E-state index is 11.1. The zero-order valence-corrected chi connectivity index (χ0v) is 17.5. The molecule has 1 unspecified atom stereocenters. The lowest BCUT2D eigenvalue weighted by Gasteiger charge is -2.36. The molecule has 2 aromatic carbocycles. The van der Waals surface area contributed by atoms with Gasteiger partial charge in [0.25, 0.3) is 5.69 Å². The summed E-state index contributed by atoms with van der Waals surface area (Å²) in [6, 6.07) is 15.4. The van der Waals surface area contributed by atoms with Crippen molar-refractivity contribution in [2.24, 2.45) is 5.92 Å². The quantitative estimate of drug-likeness (QED) is 0.199. The van der Waals surface area contributed by atoms with Gasteiger partial charge in [-0.2, -0.15) is 0 Å². The number of rotatable bonds is 11. The minimum atomic E-state index is -0.329. The van der Waals surface area contributed by atoms with Crippen molar-refractivity contribution in [3.63, 3.8) is 0 Å². The van der Waals surface area contributed by atoms with Crippen molar-refractivity contribution >= 4 is 11.4 Å². The molecule has 4 heteroatoms. The SMILES string of the molecule is CCCCCCC(CCC(C)C)(c1ccc(N)cc1)c1ccc([N+](=O)[O-])cc1. The Kier molecular flexibility index (Phi) is 8.04. The number of benzene rings is 2. The highest BCUT2D eigenvalue weighted by atomic mass is 16.6. The predicted molar refractivity (Wildman–Crippen MR) is 118 cm³/mol. The van der Waals surface area contributed by atoms with Gasteiger partial charge in [-0.1, -0.05) is 70.7 Å². The molecule has 0 fully saturated rings. The van der Waals surface area contributed by atoms with E-state index in [4.69, 9.17) is 5.73 Å². The van der Waals surface area contributed by atoms with E-state index in [0.717, 1.165) is 31.4 Å². The number of nitrogen functional groups attached to an aromatic ring is 1. The summed E-state index contributed by atoms with van der Waals surface area (Å²) in [6.45, 7) is 6.73. The number of nitro groups is 1. The van der Waals surface area contributed by atoms with Gasteiger partial charge in [-0.25, -0.2) is 0 Å². The van der Waals surface area contributed by atoms with E-state index in [2.05, 4.69) is 32.9 Å². The van der Waals surface area contributed by atoms with Crippen molar-refractivity contribution < 1.29 is 4.92 Å². The molecule has 28 heavy (non-hydrogen) atoms. The van der Waals surface area contributed by atoms with Crippen molar-refractivity contribution in [2.45, 2.75) is 71.1 Å². The molecule has 0 aliphatic heterocycles. The van der Waals surface area contributed by atoms with Crippen LogP contribution in [0.1, 0.15) is 76.8 Å². The molecule has 0 saturated carbocycles. The van der Waals surface area contributed by atoms with E-state index >= 15 is 0 Å². The van der Waals surface area contributed by atoms with Gasteiger partial charge < -0.3 is 5.73 Å². The van der Waals surface area contributed by atoms with Gasteiger partial charge in [-0.3, -0.25) is 10.1 Å². The summed E-state index contributed by atoms with van der Waals surface area (Å²) in [5, 5.41) is 11.1. The van der Waals surface area contributed by atoms with Crippen LogP contribution >= 0.6 is 0 Å². The first kappa shape index (κ1) is 21.9. The fourth-order valence-corrected chi connectivity index (χ4v) is 3.96. The number of nitrogens with two attached hydrogens (primary N) is 1. The van der Waals surface area contributed by atoms with Gasteiger partial charge in [-0.05, 0) is 48.4 Å². The zero-order valence-electron chi connectivity index (χ0n) is 17.5. The lowest BCUT2D eigenvalue weighted by atomic mass is 9.67. The second-order valence-corrected chi connectivity index (χ2v) is 8.25. The lowest BCUT2D eigenvalue weighted by Crippen LogP contribution is -2.28. The van der Waals surface area contributed by atoms with E-state index in [9.17, 15) is 10.1 Å². The van der Waals surface area contributed by atoms with E-state index in [0.29, 0.717) is 5.92 Å². The van der Waals surface area contributed by atoms with Crippen LogP contribution in [0.15, 0.2) is 48.5 Å². The molecule has 2 rings (SSSR count). The third-order valence-corrected chi connectivity index (χ3v) is 5.70. The molecular formula is C24H34N2O2. The highest BCUT2D eigenvalue weighted by Gasteiger charge is 2.34. The Morgan fingerprint density at radius 3 is 2.00 bits per heavy atom. The van der Waals surface area contributed by atoms with Crippen molar-refractivity contribution in [3.8, 4) is 0 Å². The largest absolute Gasteiger partial charge is 0.399 e. The third kappa shape index (κ3) is 5.57. The normalized spacial score (nSPS) is 13.4. The molecular weight excluding hydrogens is 348 g/mol. The predicted octanol–water partition coefficient (Wildman–Crippen LogP) is 6.87. The summed E-state index contributed by atoms with van der Waals surface area (Å²) in [5.41, 5.74) is 9.14. The smallest absolute Gasteiger partial charge is 0.269 e. The van der Waals surface area contributed by atoms with Crippen LogP contribution in [0.2, 0.25) is 0 Å². The Balaban J connectivity index is 2.49. The number of hydrogen-bond acceptors (Lipinski definition) is 3. The maximum atomic E-state index is 11.1. The van der Waals surface area contributed by atoms with Gasteiger partial charge >= 0.3 is 0 Å². The van der Waals surface area contributed by atoms with Gasteiger partial charge in [0.15, 0.2) is 0 Å². The standard InChI is InChI=1S/C24H34N2O2/c1-4-5-6-7-17-24(18-16-19(2)3,20-8-12-22(25)13-9-20)21-10-14-23(15-11-21)26(27)28/h8-15,19H,4-7,16-18,25H2,1-3H3. The molecule has 0 aliphatic carbocycles. The van der Waals surface area contributed by atoms with Crippen LogP contribution in [0.25, 0.3) is 0 Å². The van der Waals surface area contributed by atoms with Crippen molar-refractivity contribution in [2.75, 3.05) is 5.73 Å². The first-order chi connectivity index (χ1) is 13.4. The number of unbranched alkanes of at least 4 members (excludes halogenated alkanes) is 3. The summed E-state index contributed by atoms with van der Waals surface area (Å²) in [6.07, 6.45) is 7.98. The van der Waals surface area contributed by atoms with E-state index in [-0.39, 0.29) is 16.0 Å². The molecule has 0 spiro atoms. The molecule has 152 valence electrons. The van der Waals surface area contributed by atoms with Gasteiger partial charge in [-0.15, -0.1) is 0 Å². The van der Waals surface area contributed by atoms with E-state index in [1.165, 1.54) is 30.4 Å². The zero-order chi connectivity index (χ0) is 20.6. The highest BCUT2D eigenvalue weighted by molar-refractivity contribution is 5.47. The van der Waals surface area contributed by atoms with Crippen molar-refractivity contribution in [1.82, 2.24) is 0 Å². The Hall–Kier alpha value is -2.36. The number of non-ortho nitro benzene ring substituents is 1. The van der Waals surface area contributed by atoms with Crippen LogP contribution in [0.5, 0.6) is 0 Å². The molecule has 0 radical (unpaired) electrons. The minimum absolute atomic E-state index is 0.138. The Morgan fingerprint density at radius 1 is 0.929 bits per heavy atom. The molecule has 0 aliphatic rings. The molecule has 1 atom stereocenters. The van der Waals surface area contributed by atoms with Crippen LogP contribution in [0.4, 0.5) is 11.4 Å². The average Bonchev–Trinajstić information content (AvgIpc) is 2.68. The van der Waals surface area contributed by atoms with Gasteiger partial charge in [0.1, 0.15) is 0 Å². The second-order valence-electron chi connectivity index (χ2n) is 8.25. The number of hydrogen-bond donors (Lipinski definition) is 1. The summed E-state index contributed by atoms with van der Waals surface area (Å²) in [4.78, 5) is 10.8. The molecule has 0 bridgehead atoms. The molecule has 4 nitrogen and oxygen atoms in total. The topological polar surface area (TPSA) is 69.2 Å². The van der Waals surface area contributed by atoms with E-state index in [1.54, 1.807) is 12.1 Å². The third-order valence-electron chi connectivity index (χ3n) is 5.70. The average molecular weight is 383 g/mol. The van der Waals surface area contributed by atoms with Gasteiger partial charge in [0, 0.05) is 23.2 Å². The molecule has 2 N–H and O–H groups in total. The molecule has 0 saturated heterocycles. The second kappa shape index (κ2) is 10.3. The van der Waals surface area contributed by atoms with Gasteiger partial charge in [0.2, 0.25) is 0 Å². The van der Waals surface area contributed by atoms with E-state index < -0.39 is 0 Å². The van der Waals surface area contributed by atoms with Crippen LogP contribution in [0, 0.1) is 16.0 Å². The van der Waals surface area contributed by atoms with Crippen LogP contribution < -0.4 is 5.73 Å². The summed E-state index contributed by atoms with van der Waals surface area (Å²) in [7, 11) is 0. The number of anilines is 1. The first-order valence-corrected chi connectivity index (χ1v) is 10.5. The highest BCUT2D eigenvalue weighted by Crippen LogP contribution is 2.43. The summed E-state index contributed by atoms with van der Waals surface area (Å²) >= 11 is 0. The lowest BCUT2D eigenvalue weighted by molar-refractivity contribution is -0.384. The van der Waals surface area contributed by atoms with E-state index in [1.807, 2.05) is 24.3 Å². The molecule has 2 aromatic rings. The number of nitro benzene ring substituents is 1. The summed E-state index contributed by atoms with van der Waals surface area (Å²) in [5.74, 6) is 0.599. The Bertz CT molecular complexity index is 738. The van der Waals surface area contributed by atoms with Crippen LogP contribution in [0.3, 0.4) is 0 Å². The van der Waals surface area contributed by atoms with Crippen LogP contribution in [-0.4, -0.2) is 4.92 Å². The van der Waals surface area contributed by atoms with Crippen LogP contribution in [-0.2, 0) is 5.41 Å². The Labute approximate surface area is 169 Å². The van der Waals surface area contributed by atoms with Crippen molar-refractivity contribution in [3.05, 3.63) is 69.8 Å². The fourth-order valence-electron chi connectivity index (χ4n) is 3.96. The first-order valence-electron chi connectivity index (χ1n) is 10.5. The van der Waals surface area contributed by atoms with Gasteiger partial charge in [0.05, 0.1) is 4.92 Å². The molecule has 0 aromatic heterocycles. The van der Waals surface area contributed by atoms with Crippen molar-refractivity contribution in [1.29, 1.82) is 0 Å². The minimum Gasteiger partial charge on any atom is -0.399 e. The summed E-state index contributed by atoms with van der Waals surface area (Å²) < 4.78 is 0. The molecule has 0 heterocycles. The Morgan fingerprint density at radius 2 is 1.50 bits per heavy atom.